The summed E-state index contributed by atoms with van der Waals surface area (Å²) in [7, 11) is 0. The SMILES string of the molecule is Cc1ccc(-c2noc(CCCC(=O)Nc3ccccc3Cl)n2)cc1. The molecule has 0 fully saturated rings. The lowest BCUT2D eigenvalue weighted by Gasteiger charge is -2.06. The van der Waals surface area contributed by atoms with Crippen LogP contribution in [0.15, 0.2) is 53.1 Å². The van der Waals surface area contributed by atoms with E-state index in [1.807, 2.05) is 43.3 Å². The molecule has 2 aromatic carbocycles. The van der Waals surface area contributed by atoms with Crippen LogP contribution in [0, 0.1) is 6.92 Å². The van der Waals surface area contributed by atoms with Gasteiger partial charge in [0.1, 0.15) is 0 Å². The fourth-order valence-corrected chi connectivity index (χ4v) is 2.53. The van der Waals surface area contributed by atoms with Gasteiger partial charge in [-0.15, -0.1) is 0 Å². The van der Waals surface area contributed by atoms with Gasteiger partial charge in [0.2, 0.25) is 17.6 Å². The molecular weight excluding hydrogens is 338 g/mol. The highest BCUT2D eigenvalue weighted by Gasteiger charge is 2.10. The Hall–Kier alpha value is -2.66. The molecule has 0 radical (unpaired) electrons. The summed E-state index contributed by atoms with van der Waals surface area (Å²) in [4.78, 5) is 16.4. The number of nitrogens with one attached hydrogen (secondary N) is 1. The van der Waals surface area contributed by atoms with Gasteiger partial charge in [-0.05, 0) is 25.5 Å². The highest BCUT2D eigenvalue weighted by atomic mass is 35.5. The molecule has 0 unspecified atom stereocenters. The minimum Gasteiger partial charge on any atom is -0.339 e. The molecule has 6 heteroatoms. The molecule has 0 atom stereocenters. The van der Waals surface area contributed by atoms with Gasteiger partial charge in [-0.1, -0.05) is 58.7 Å². The van der Waals surface area contributed by atoms with Crippen molar-refractivity contribution >= 4 is 23.2 Å². The van der Waals surface area contributed by atoms with Crippen LogP contribution in [0.1, 0.15) is 24.3 Å². The highest BCUT2D eigenvalue weighted by molar-refractivity contribution is 6.33. The number of hydrogen-bond acceptors (Lipinski definition) is 4. The molecule has 1 aromatic heterocycles. The summed E-state index contributed by atoms with van der Waals surface area (Å²) in [6, 6.07) is 15.1. The van der Waals surface area contributed by atoms with Crippen LogP contribution < -0.4 is 5.32 Å². The summed E-state index contributed by atoms with van der Waals surface area (Å²) in [5.74, 6) is 1.00. The maximum absolute atomic E-state index is 12.0. The number of benzene rings is 2. The topological polar surface area (TPSA) is 68.0 Å². The number of aryl methyl sites for hydroxylation is 2. The second-order valence-corrected chi connectivity index (χ2v) is 6.17. The highest BCUT2D eigenvalue weighted by Crippen LogP contribution is 2.21. The summed E-state index contributed by atoms with van der Waals surface area (Å²) in [6.45, 7) is 2.03. The molecule has 0 aliphatic heterocycles. The summed E-state index contributed by atoms with van der Waals surface area (Å²) in [6.07, 6.45) is 1.52. The predicted molar refractivity (Wildman–Crippen MR) is 97.5 cm³/mol. The molecule has 5 nitrogen and oxygen atoms in total. The number of amides is 1. The van der Waals surface area contributed by atoms with E-state index in [-0.39, 0.29) is 5.91 Å². The number of halogens is 1. The van der Waals surface area contributed by atoms with Gasteiger partial charge in [0, 0.05) is 18.4 Å². The van der Waals surface area contributed by atoms with Gasteiger partial charge in [-0.25, -0.2) is 0 Å². The average molecular weight is 356 g/mol. The molecule has 0 saturated heterocycles. The zero-order valence-corrected chi connectivity index (χ0v) is 14.6. The van der Waals surface area contributed by atoms with Crippen LogP contribution >= 0.6 is 11.6 Å². The van der Waals surface area contributed by atoms with Crippen molar-refractivity contribution in [2.24, 2.45) is 0 Å². The molecule has 3 rings (SSSR count). The minimum absolute atomic E-state index is 0.0913. The van der Waals surface area contributed by atoms with Crippen molar-refractivity contribution in [2.45, 2.75) is 26.2 Å². The van der Waals surface area contributed by atoms with E-state index in [0.29, 0.717) is 41.7 Å². The fourth-order valence-electron chi connectivity index (χ4n) is 2.35. The first-order valence-electron chi connectivity index (χ1n) is 8.06. The second kappa shape index (κ2) is 7.94. The molecule has 3 aromatic rings. The molecule has 1 amide bonds. The predicted octanol–water partition coefficient (Wildman–Crippen LogP) is 4.66. The number of carbonyl (C=O) groups excluding carboxylic acids is 1. The number of rotatable bonds is 6. The van der Waals surface area contributed by atoms with Gasteiger partial charge < -0.3 is 9.84 Å². The van der Waals surface area contributed by atoms with E-state index in [1.165, 1.54) is 5.56 Å². The zero-order chi connectivity index (χ0) is 17.6. The zero-order valence-electron chi connectivity index (χ0n) is 13.8. The lowest BCUT2D eigenvalue weighted by Crippen LogP contribution is -2.11. The van der Waals surface area contributed by atoms with Gasteiger partial charge in [0.15, 0.2) is 0 Å². The third-order valence-corrected chi connectivity index (χ3v) is 4.05. The van der Waals surface area contributed by atoms with E-state index in [2.05, 4.69) is 15.5 Å². The Labute approximate surface area is 151 Å². The molecule has 1 N–H and O–H groups in total. The minimum atomic E-state index is -0.0913. The van der Waals surface area contributed by atoms with E-state index >= 15 is 0 Å². The molecule has 0 aliphatic rings. The Morgan fingerprint density at radius 3 is 2.68 bits per heavy atom. The second-order valence-electron chi connectivity index (χ2n) is 5.76. The summed E-state index contributed by atoms with van der Waals surface area (Å²) in [5, 5.41) is 7.31. The third kappa shape index (κ3) is 4.67. The normalized spacial score (nSPS) is 10.6. The molecule has 128 valence electrons. The van der Waals surface area contributed by atoms with E-state index < -0.39 is 0 Å². The Bertz CT molecular complexity index is 859. The standard InChI is InChI=1S/C19H18ClN3O2/c1-13-9-11-14(12-10-13)19-22-18(25-23-19)8-4-7-17(24)21-16-6-3-2-5-15(16)20/h2-3,5-6,9-12H,4,7-8H2,1H3,(H,21,24). The van der Waals surface area contributed by atoms with Gasteiger partial charge in [0.25, 0.3) is 0 Å². The number of carbonyl (C=O) groups is 1. The van der Waals surface area contributed by atoms with Crippen molar-refractivity contribution in [1.82, 2.24) is 10.1 Å². The molecule has 0 saturated carbocycles. The lowest BCUT2D eigenvalue weighted by atomic mass is 10.1. The Morgan fingerprint density at radius 1 is 1.16 bits per heavy atom. The first-order chi connectivity index (χ1) is 12.1. The Balaban J connectivity index is 1.50. The Morgan fingerprint density at radius 2 is 1.92 bits per heavy atom. The average Bonchev–Trinajstić information content (AvgIpc) is 3.06. The number of hydrogen-bond donors (Lipinski definition) is 1. The molecule has 1 heterocycles. The largest absolute Gasteiger partial charge is 0.339 e. The lowest BCUT2D eigenvalue weighted by molar-refractivity contribution is -0.116. The van der Waals surface area contributed by atoms with E-state index in [0.717, 1.165) is 5.56 Å². The van der Waals surface area contributed by atoms with Gasteiger partial charge in [-0.3, -0.25) is 4.79 Å². The van der Waals surface area contributed by atoms with Crippen molar-refractivity contribution in [1.29, 1.82) is 0 Å². The Kier molecular flexibility index (Phi) is 5.46. The van der Waals surface area contributed by atoms with Gasteiger partial charge >= 0.3 is 0 Å². The van der Waals surface area contributed by atoms with Crippen LogP contribution in [0.4, 0.5) is 5.69 Å². The molecule has 0 bridgehead atoms. The van der Waals surface area contributed by atoms with E-state index in [9.17, 15) is 4.79 Å². The van der Waals surface area contributed by atoms with Crippen molar-refractivity contribution in [3.63, 3.8) is 0 Å². The molecule has 0 spiro atoms. The van der Waals surface area contributed by atoms with Crippen molar-refractivity contribution < 1.29 is 9.32 Å². The van der Waals surface area contributed by atoms with Gasteiger partial charge in [0.05, 0.1) is 10.7 Å². The quantitative estimate of drug-likeness (QED) is 0.698. The van der Waals surface area contributed by atoms with E-state index in [4.69, 9.17) is 16.1 Å². The van der Waals surface area contributed by atoms with Crippen LogP contribution in [0.25, 0.3) is 11.4 Å². The van der Waals surface area contributed by atoms with Crippen LogP contribution in [0.5, 0.6) is 0 Å². The smallest absolute Gasteiger partial charge is 0.226 e. The van der Waals surface area contributed by atoms with Crippen molar-refractivity contribution in [2.75, 3.05) is 5.32 Å². The van der Waals surface area contributed by atoms with E-state index in [1.54, 1.807) is 12.1 Å². The van der Waals surface area contributed by atoms with Crippen molar-refractivity contribution in [3.8, 4) is 11.4 Å². The molecular formula is C19H18ClN3O2. The van der Waals surface area contributed by atoms with Crippen LogP contribution in [-0.2, 0) is 11.2 Å². The first-order valence-corrected chi connectivity index (χ1v) is 8.43. The van der Waals surface area contributed by atoms with Gasteiger partial charge in [-0.2, -0.15) is 4.98 Å². The maximum atomic E-state index is 12.0. The molecule has 25 heavy (non-hydrogen) atoms. The maximum Gasteiger partial charge on any atom is 0.226 e. The summed E-state index contributed by atoms with van der Waals surface area (Å²) < 4.78 is 5.25. The summed E-state index contributed by atoms with van der Waals surface area (Å²) >= 11 is 6.02. The van der Waals surface area contributed by atoms with Crippen molar-refractivity contribution in [3.05, 3.63) is 65.0 Å². The monoisotopic (exact) mass is 355 g/mol. The number of nitrogens with zero attached hydrogens (tertiary/aromatic N) is 2. The van der Waals surface area contributed by atoms with Crippen LogP contribution in [-0.4, -0.2) is 16.0 Å². The summed E-state index contributed by atoms with van der Waals surface area (Å²) in [5.41, 5.74) is 2.71. The fraction of sp³-hybridized carbons (Fsp3) is 0.211. The van der Waals surface area contributed by atoms with Crippen LogP contribution in [0.3, 0.4) is 0 Å². The number of para-hydroxylation sites is 1. The number of anilines is 1. The molecule has 0 aliphatic carbocycles. The third-order valence-electron chi connectivity index (χ3n) is 3.72. The first kappa shape index (κ1) is 17.2. The number of aromatic nitrogens is 2. The van der Waals surface area contributed by atoms with Crippen LogP contribution in [0.2, 0.25) is 5.02 Å².